The molecule has 19 heavy (non-hydrogen) atoms. The fourth-order valence-corrected chi connectivity index (χ4v) is 1.91. The standard InChI is InChI=1S/C14H22N2O3/c1-9(2)6-11(8-17)16-14(18)12-5-4-10(15)7-13(12)19-3/h4-5,7,9,11,17H,6,8,15H2,1-3H3,(H,16,18). The maximum Gasteiger partial charge on any atom is 0.255 e. The van der Waals surface area contributed by atoms with Crippen molar-refractivity contribution in [1.82, 2.24) is 5.32 Å². The summed E-state index contributed by atoms with van der Waals surface area (Å²) in [6.45, 7) is 4.00. The minimum atomic E-state index is -0.267. The largest absolute Gasteiger partial charge is 0.496 e. The molecule has 1 unspecified atom stereocenters. The van der Waals surface area contributed by atoms with Crippen molar-refractivity contribution in [3.63, 3.8) is 0 Å². The first-order valence-electron chi connectivity index (χ1n) is 6.33. The number of aliphatic hydroxyl groups is 1. The van der Waals surface area contributed by atoms with Gasteiger partial charge in [-0.05, 0) is 24.5 Å². The van der Waals surface area contributed by atoms with E-state index in [4.69, 9.17) is 10.5 Å². The van der Waals surface area contributed by atoms with Gasteiger partial charge in [-0.3, -0.25) is 4.79 Å². The Morgan fingerprint density at radius 2 is 2.16 bits per heavy atom. The fraction of sp³-hybridized carbons (Fsp3) is 0.500. The molecule has 0 spiro atoms. The highest BCUT2D eigenvalue weighted by molar-refractivity contribution is 5.97. The summed E-state index contributed by atoms with van der Waals surface area (Å²) in [6.07, 6.45) is 0.722. The third kappa shape index (κ3) is 4.44. The number of aliphatic hydroxyl groups excluding tert-OH is 1. The van der Waals surface area contributed by atoms with Crippen molar-refractivity contribution in [1.29, 1.82) is 0 Å². The second-order valence-corrected chi connectivity index (χ2v) is 4.94. The summed E-state index contributed by atoms with van der Waals surface area (Å²) in [5.41, 5.74) is 6.60. The van der Waals surface area contributed by atoms with Gasteiger partial charge >= 0.3 is 0 Å². The van der Waals surface area contributed by atoms with Crippen molar-refractivity contribution in [2.75, 3.05) is 19.5 Å². The van der Waals surface area contributed by atoms with Crippen LogP contribution >= 0.6 is 0 Å². The van der Waals surface area contributed by atoms with Crippen LogP contribution in [0.5, 0.6) is 5.75 Å². The number of amides is 1. The number of benzene rings is 1. The lowest BCUT2D eigenvalue weighted by atomic mass is 10.0. The summed E-state index contributed by atoms with van der Waals surface area (Å²) >= 11 is 0. The first-order chi connectivity index (χ1) is 8.97. The van der Waals surface area contributed by atoms with Gasteiger partial charge in [-0.15, -0.1) is 0 Å². The highest BCUT2D eigenvalue weighted by Crippen LogP contribution is 2.21. The van der Waals surface area contributed by atoms with E-state index in [0.29, 0.717) is 22.9 Å². The minimum absolute atomic E-state index is 0.0821. The van der Waals surface area contributed by atoms with Crippen molar-refractivity contribution in [2.45, 2.75) is 26.3 Å². The minimum Gasteiger partial charge on any atom is -0.496 e. The smallest absolute Gasteiger partial charge is 0.255 e. The van der Waals surface area contributed by atoms with Crippen molar-refractivity contribution >= 4 is 11.6 Å². The Balaban J connectivity index is 2.82. The van der Waals surface area contributed by atoms with Gasteiger partial charge in [0.1, 0.15) is 5.75 Å². The first-order valence-corrected chi connectivity index (χ1v) is 6.33. The van der Waals surface area contributed by atoms with Gasteiger partial charge in [-0.2, -0.15) is 0 Å². The number of anilines is 1. The molecule has 1 aromatic carbocycles. The molecule has 0 saturated heterocycles. The summed E-state index contributed by atoms with van der Waals surface area (Å²) in [4.78, 5) is 12.1. The van der Waals surface area contributed by atoms with Gasteiger partial charge in [0.25, 0.3) is 5.91 Å². The van der Waals surface area contributed by atoms with Crippen LogP contribution in [0, 0.1) is 5.92 Å². The number of nitrogens with one attached hydrogen (secondary N) is 1. The zero-order valence-electron chi connectivity index (χ0n) is 11.6. The monoisotopic (exact) mass is 266 g/mol. The molecule has 0 aliphatic rings. The molecule has 0 saturated carbocycles. The molecular weight excluding hydrogens is 244 g/mol. The van der Waals surface area contributed by atoms with E-state index in [9.17, 15) is 9.90 Å². The van der Waals surface area contributed by atoms with E-state index in [1.54, 1.807) is 18.2 Å². The van der Waals surface area contributed by atoms with Gasteiger partial charge in [0.2, 0.25) is 0 Å². The van der Waals surface area contributed by atoms with Crippen LogP contribution in [0.4, 0.5) is 5.69 Å². The number of carbonyl (C=O) groups is 1. The number of nitrogen functional groups attached to an aromatic ring is 1. The zero-order chi connectivity index (χ0) is 14.4. The van der Waals surface area contributed by atoms with Crippen LogP contribution in [0.1, 0.15) is 30.6 Å². The lowest BCUT2D eigenvalue weighted by Crippen LogP contribution is -2.38. The molecule has 1 amide bonds. The highest BCUT2D eigenvalue weighted by atomic mass is 16.5. The van der Waals surface area contributed by atoms with Gasteiger partial charge < -0.3 is 20.9 Å². The Bertz CT molecular complexity index is 433. The third-order valence-electron chi connectivity index (χ3n) is 2.78. The molecule has 4 N–H and O–H groups in total. The molecule has 5 heteroatoms. The van der Waals surface area contributed by atoms with E-state index >= 15 is 0 Å². The van der Waals surface area contributed by atoms with Crippen molar-refractivity contribution in [3.05, 3.63) is 23.8 Å². The molecule has 1 rings (SSSR count). The molecule has 106 valence electrons. The van der Waals surface area contributed by atoms with E-state index in [-0.39, 0.29) is 18.6 Å². The Labute approximate surface area is 113 Å². The van der Waals surface area contributed by atoms with Gasteiger partial charge in [-0.1, -0.05) is 13.8 Å². The molecule has 0 bridgehead atoms. The molecule has 0 aliphatic heterocycles. The quantitative estimate of drug-likeness (QED) is 0.680. The van der Waals surface area contributed by atoms with E-state index < -0.39 is 0 Å². The maximum absolute atomic E-state index is 12.1. The number of rotatable bonds is 6. The summed E-state index contributed by atoms with van der Waals surface area (Å²) < 4.78 is 5.14. The fourth-order valence-electron chi connectivity index (χ4n) is 1.91. The topological polar surface area (TPSA) is 84.6 Å². The Morgan fingerprint density at radius 3 is 2.68 bits per heavy atom. The van der Waals surface area contributed by atoms with Crippen LogP contribution in [0.2, 0.25) is 0 Å². The zero-order valence-corrected chi connectivity index (χ0v) is 11.6. The van der Waals surface area contributed by atoms with Crippen LogP contribution in [0.3, 0.4) is 0 Å². The molecule has 0 aromatic heterocycles. The van der Waals surface area contributed by atoms with Crippen molar-refractivity contribution in [2.24, 2.45) is 5.92 Å². The van der Waals surface area contributed by atoms with Crippen LogP contribution in [-0.4, -0.2) is 30.8 Å². The normalized spacial score (nSPS) is 12.3. The molecule has 0 fully saturated rings. The van der Waals surface area contributed by atoms with Crippen LogP contribution < -0.4 is 15.8 Å². The van der Waals surface area contributed by atoms with Gasteiger partial charge in [-0.25, -0.2) is 0 Å². The second kappa shape index (κ2) is 6.99. The molecular formula is C14H22N2O3. The number of nitrogens with two attached hydrogens (primary N) is 1. The molecule has 1 atom stereocenters. The summed E-state index contributed by atoms with van der Waals surface area (Å²) in [5.74, 6) is 0.557. The van der Waals surface area contributed by atoms with E-state index in [1.807, 2.05) is 13.8 Å². The van der Waals surface area contributed by atoms with Crippen molar-refractivity contribution in [3.8, 4) is 5.75 Å². The number of carbonyl (C=O) groups excluding carboxylic acids is 1. The lowest BCUT2D eigenvalue weighted by Gasteiger charge is -2.19. The van der Waals surface area contributed by atoms with Crippen LogP contribution in [0.25, 0.3) is 0 Å². The Hall–Kier alpha value is -1.75. The molecule has 1 aromatic rings. The van der Waals surface area contributed by atoms with Gasteiger partial charge in [0, 0.05) is 11.8 Å². The Kier molecular flexibility index (Phi) is 5.63. The average Bonchev–Trinajstić information content (AvgIpc) is 2.36. The number of hydrogen-bond acceptors (Lipinski definition) is 4. The van der Waals surface area contributed by atoms with Gasteiger partial charge in [0.05, 0.1) is 25.3 Å². The number of ether oxygens (including phenoxy) is 1. The average molecular weight is 266 g/mol. The van der Waals surface area contributed by atoms with Crippen molar-refractivity contribution < 1.29 is 14.6 Å². The van der Waals surface area contributed by atoms with Crippen LogP contribution in [0.15, 0.2) is 18.2 Å². The molecule has 0 aliphatic carbocycles. The number of hydrogen-bond donors (Lipinski definition) is 3. The van der Waals surface area contributed by atoms with Gasteiger partial charge in [0.15, 0.2) is 0 Å². The summed E-state index contributed by atoms with van der Waals surface area (Å²) in [5, 5.41) is 12.1. The predicted octanol–water partition coefficient (Wildman–Crippen LogP) is 1.41. The maximum atomic E-state index is 12.1. The molecule has 0 heterocycles. The predicted molar refractivity (Wildman–Crippen MR) is 75.2 cm³/mol. The van der Waals surface area contributed by atoms with E-state index in [0.717, 1.165) is 6.42 Å². The third-order valence-corrected chi connectivity index (χ3v) is 2.78. The highest BCUT2D eigenvalue weighted by Gasteiger charge is 2.17. The SMILES string of the molecule is COc1cc(N)ccc1C(=O)NC(CO)CC(C)C. The lowest BCUT2D eigenvalue weighted by molar-refractivity contribution is 0.0905. The molecule has 5 nitrogen and oxygen atoms in total. The summed E-state index contributed by atoms with van der Waals surface area (Å²) in [7, 11) is 1.49. The number of methoxy groups -OCH3 is 1. The van der Waals surface area contributed by atoms with Crippen LogP contribution in [-0.2, 0) is 0 Å². The Morgan fingerprint density at radius 1 is 1.47 bits per heavy atom. The first kappa shape index (κ1) is 15.3. The van der Waals surface area contributed by atoms with E-state index in [2.05, 4.69) is 5.32 Å². The molecule has 0 radical (unpaired) electrons. The summed E-state index contributed by atoms with van der Waals surface area (Å²) in [6, 6.07) is 4.61. The second-order valence-electron chi connectivity index (χ2n) is 4.94. The van der Waals surface area contributed by atoms with E-state index in [1.165, 1.54) is 7.11 Å².